The molecular formula is C24H22N6O8S6. The number of hydrogen-bond acceptors (Lipinski definition) is 14. The highest BCUT2D eigenvalue weighted by Gasteiger charge is 2.19. The number of anilines is 2. The molecular weight excluding hydrogens is 693 g/mol. The molecule has 0 aliphatic heterocycles. The van der Waals surface area contributed by atoms with Crippen molar-refractivity contribution in [3.05, 3.63) is 57.5 Å². The minimum absolute atomic E-state index is 0.0196. The highest BCUT2D eigenvalue weighted by Crippen LogP contribution is 2.28. The van der Waals surface area contributed by atoms with Crippen molar-refractivity contribution in [3.63, 3.8) is 0 Å². The van der Waals surface area contributed by atoms with Crippen LogP contribution in [0.25, 0.3) is 12.2 Å². The van der Waals surface area contributed by atoms with Gasteiger partial charge in [0.15, 0.2) is 8.68 Å². The van der Waals surface area contributed by atoms with Gasteiger partial charge in [-0.15, -0.1) is 20.4 Å². The van der Waals surface area contributed by atoms with Gasteiger partial charge in [-0.2, -0.15) is 16.8 Å². The maximum absolute atomic E-state index is 12.4. The van der Waals surface area contributed by atoms with E-state index in [0.29, 0.717) is 8.68 Å². The Morgan fingerprint density at radius 2 is 1.11 bits per heavy atom. The predicted molar refractivity (Wildman–Crippen MR) is 169 cm³/mol. The number of aryl methyl sites for hydroxylation is 2. The number of thioether (sulfide) groups is 2. The van der Waals surface area contributed by atoms with E-state index in [1.54, 1.807) is 13.8 Å². The van der Waals surface area contributed by atoms with Crippen molar-refractivity contribution in [2.45, 2.75) is 32.3 Å². The first-order valence-corrected chi connectivity index (χ1v) is 18.5. The lowest BCUT2D eigenvalue weighted by Gasteiger charge is -2.10. The first-order valence-electron chi connectivity index (χ1n) is 12.0. The summed E-state index contributed by atoms with van der Waals surface area (Å²) >= 11 is 4.94. The predicted octanol–water partition coefficient (Wildman–Crippen LogP) is 4.13. The number of nitrogens with one attached hydrogen (secondary N) is 2. The maximum Gasteiger partial charge on any atom is 0.295 e. The maximum atomic E-state index is 12.4. The molecule has 0 unspecified atom stereocenters. The van der Waals surface area contributed by atoms with Gasteiger partial charge in [-0.05, 0) is 49.2 Å². The molecule has 0 saturated carbocycles. The Kier molecular flexibility index (Phi) is 10.9. The van der Waals surface area contributed by atoms with Gasteiger partial charge in [-0.25, -0.2) is 0 Å². The molecule has 0 bridgehead atoms. The minimum atomic E-state index is -4.78. The normalized spacial score (nSPS) is 12.0. The fourth-order valence-corrected chi connectivity index (χ4v) is 8.10. The summed E-state index contributed by atoms with van der Waals surface area (Å²) in [5.74, 6) is -0.944. The van der Waals surface area contributed by atoms with E-state index in [1.807, 2.05) is 0 Å². The van der Waals surface area contributed by atoms with E-state index in [1.165, 1.54) is 59.1 Å². The molecule has 0 saturated heterocycles. The minimum Gasteiger partial charge on any atom is -0.325 e. The highest BCUT2D eigenvalue weighted by atomic mass is 32.2. The Balaban J connectivity index is 1.50. The van der Waals surface area contributed by atoms with E-state index in [-0.39, 0.29) is 34.0 Å². The zero-order valence-electron chi connectivity index (χ0n) is 22.6. The molecule has 44 heavy (non-hydrogen) atoms. The van der Waals surface area contributed by atoms with Crippen molar-refractivity contribution in [1.29, 1.82) is 0 Å². The number of aromatic nitrogens is 4. The average Bonchev–Trinajstić information content (AvgIpc) is 3.56. The van der Waals surface area contributed by atoms with Crippen molar-refractivity contribution < 1.29 is 35.5 Å². The average molecular weight is 715 g/mol. The Bertz CT molecular complexity index is 1820. The van der Waals surface area contributed by atoms with E-state index in [4.69, 9.17) is 0 Å². The standard InChI is InChI=1S/C24H22N6O8S6/c1-13-27-29-23(41-13)39-11-21(31)25-17-7-5-15(19(9-17)43(33,34)35)3-4-16-6-8-18(10-20(16)44(36,37)38)26-22(32)12-40-24-30-28-14(2)42-24/h3-10H,11-12H2,1-2H3,(H,25,31)(H,26,32)(H,33,34,35)(H,36,37,38)/b4-3+. The number of hydrogen-bond donors (Lipinski definition) is 4. The van der Waals surface area contributed by atoms with E-state index in [0.717, 1.165) is 45.7 Å². The van der Waals surface area contributed by atoms with Gasteiger partial charge in [-0.3, -0.25) is 18.7 Å². The van der Waals surface area contributed by atoms with E-state index < -0.39 is 41.8 Å². The summed E-state index contributed by atoms with van der Waals surface area (Å²) in [6.45, 7) is 3.55. The molecule has 0 atom stereocenters. The SMILES string of the molecule is Cc1nnc(SCC(=O)Nc2ccc(/C=C/c3ccc(NC(=O)CSc4nnc(C)s4)cc3S(=O)(=O)O)c(S(=O)(=O)O)c2)s1. The summed E-state index contributed by atoms with van der Waals surface area (Å²) in [4.78, 5) is 23.6. The zero-order valence-corrected chi connectivity index (χ0v) is 27.5. The van der Waals surface area contributed by atoms with Crippen molar-refractivity contribution in [1.82, 2.24) is 20.4 Å². The fraction of sp³-hybridized carbons (Fsp3) is 0.167. The van der Waals surface area contributed by atoms with Crippen LogP contribution in [0.3, 0.4) is 0 Å². The van der Waals surface area contributed by atoms with Crippen LogP contribution >= 0.6 is 46.2 Å². The van der Waals surface area contributed by atoms with Crippen LogP contribution in [0.1, 0.15) is 21.1 Å². The van der Waals surface area contributed by atoms with Gasteiger partial charge in [-0.1, -0.05) is 70.5 Å². The molecule has 20 heteroatoms. The second-order valence-electron chi connectivity index (χ2n) is 8.64. The third-order valence-corrected chi connectivity index (χ3v) is 11.0. The van der Waals surface area contributed by atoms with E-state index in [2.05, 4.69) is 31.0 Å². The molecule has 14 nitrogen and oxygen atoms in total. The van der Waals surface area contributed by atoms with Crippen molar-refractivity contribution >= 4 is 102 Å². The number of benzene rings is 2. The Hall–Kier alpha value is -3.24. The van der Waals surface area contributed by atoms with Crippen LogP contribution in [-0.4, -0.2) is 69.7 Å². The van der Waals surface area contributed by atoms with E-state index >= 15 is 0 Å². The molecule has 2 aromatic carbocycles. The molecule has 4 N–H and O–H groups in total. The van der Waals surface area contributed by atoms with Gasteiger partial charge in [0.25, 0.3) is 20.2 Å². The Labute approximate surface area is 268 Å². The van der Waals surface area contributed by atoms with Crippen molar-refractivity contribution in [2.24, 2.45) is 0 Å². The first kappa shape index (κ1) is 33.6. The summed E-state index contributed by atoms with van der Waals surface area (Å²) in [5.41, 5.74) is 0.109. The molecule has 0 aliphatic carbocycles. The molecule has 2 heterocycles. The quantitative estimate of drug-likeness (QED) is 0.0922. The lowest BCUT2D eigenvalue weighted by Crippen LogP contribution is -2.14. The van der Waals surface area contributed by atoms with E-state index in [9.17, 15) is 35.5 Å². The molecule has 4 aromatic rings. The van der Waals surface area contributed by atoms with Crippen LogP contribution in [0.4, 0.5) is 11.4 Å². The fourth-order valence-electron chi connectivity index (χ4n) is 3.45. The van der Waals surface area contributed by atoms with Crippen molar-refractivity contribution in [3.8, 4) is 0 Å². The van der Waals surface area contributed by atoms with Gasteiger partial charge in [0.2, 0.25) is 11.8 Å². The van der Waals surface area contributed by atoms with Crippen LogP contribution in [0.5, 0.6) is 0 Å². The van der Waals surface area contributed by atoms with Crippen LogP contribution in [0.15, 0.2) is 54.9 Å². The van der Waals surface area contributed by atoms with Crippen molar-refractivity contribution in [2.75, 3.05) is 22.1 Å². The molecule has 0 spiro atoms. The number of carbonyl (C=O) groups is 2. The topological polar surface area (TPSA) is 218 Å². The van der Waals surface area contributed by atoms with Gasteiger partial charge < -0.3 is 10.6 Å². The highest BCUT2D eigenvalue weighted by molar-refractivity contribution is 8.01. The lowest BCUT2D eigenvalue weighted by atomic mass is 10.1. The second-order valence-corrected chi connectivity index (χ2v) is 16.2. The molecule has 2 aromatic heterocycles. The van der Waals surface area contributed by atoms with Gasteiger partial charge in [0, 0.05) is 11.4 Å². The van der Waals surface area contributed by atoms with Crippen LogP contribution in [0.2, 0.25) is 0 Å². The largest absolute Gasteiger partial charge is 0.325 e. The van der Waals surface area contributed by atoms with Crippen LogP contribution in [-0.2, 0) is 29.8 Å². The molecule has 232 valence electrons. The molecule has 0 radical (unpaired) electrons. The monoisotopic (exact) mass is 714 g/mol. The van der Waals surface area contributed by atoms with Gasteiger partial charge in [0.1, 0.15) is 19.8 Å². The third kappa shape index (κ3) is 9.63. The Morgan fingerprint density at radius 1 is 0.727 bits per heavy atom. The van der Waals surface area contributed by atoms with Gasteiger partial charge in [0.05, 0.1) is 11.5 Å². The summed E-state index contributed by atoms with van der Waals surface area (Å²) in [7, 11) is -9.56. The number of nitrogens with zero attached hydrogens (tertiary/aromatic N) is 4. The smallest absolute Gasteiger partial charge is 0.295 e. The lowest BCUT2D eigenvalue weighted by molar-refractivity contribution is -0.114. The third-order valence-electron chi connectivity index (χ3n) is 5.26. The second kappa shape index (κ2) is 14.2. The van der Waals surface area contributed by atoms with Crippen LogP contribution in [0, 0.1) is 13.8 Å². The summed E-state index contributed by atoms with van der Waals surface area (Å²) in [6, 6.07) is 7.50. The number of carbonyl (C=O) groups excluding carboxylic acids is 2. The molecule has 2 amide bonds. The summed E-state index contributed by atoms with van der Waals surface area (Å²) < 4.78 is 69.4. The molecule has 0 aliphatic rings. The first-order chi connectivity index (χ1) is 20.7. The molecule has 0 fully saturated rings. The number of amides is 2. The summed E-state index contributed by atoms with van der Waals surface area (Å²) in [6.07, 6.45) is 2.43. The van der Waals surface area contributed by atoms with Crippen LogP contribution < -0.4 is 10.6 Å². The summed E-state index contributed by atoms with van der Waals surface area (Å²) in [5, 5.41) is 22.1. The zero-order chi connectivity index (χ0) is 32.1. The molecule has 4 rings (SSSR count). The Morgan fingerprint density at radius 3 is 1.43 bits per heavy atom. The van der Waals surface area contributed by atoms with Gasteiger partial charge >= 0.3 is 0 Å². The number of rotatable bonds is 12.